The monoisotopic (exact) mass is 375 g/mol. The molecule has 2 heterocycles. The number of nitrogens with zero attached hydrogens (tertiary/aromatic N) is 1. The minimum Gasteiger partial charge on any atom is -0.318 e. The zero-order chi connectivity index (χ0) is 19.6. The van der Waals surface area contributed by atoms with Gasteiger partial charge in [-0.3, -0.25) is 14.9 Å². The van der Waals surface area contributed by atoms with Gasteiger partial charge in [0.05, 0.1) is 6.54 Å². The van der Waals surface area contributed by atoms with Crippen LogP contribution in [0.3, 0.4) is 0 Å². The first-order valence-electron chi connectivity index (χ1n) is 9.31. The highest BCUT2D eigenvalue weighted by atomic mass is 16.2. The Labute approximate surface area is 162 Å². The lowest BCUT2D eigenvalue weighted by atomic mass is 9.88. The molecule has 0 saturated carbocycles. The van der Waals surface area contributed by atoms with E-state index in [1.807, 2.05) is 24.3 Å². The normalized spacial score (nSPS) is 21.2. The van der Waals surface area contributed by atoms with E-state index >= 15 is 0 Å². The van der Waals surface area contributed by atoms with Crippen molar-refractivity contribution in [2.75, 3.05) is 0 Å². The van der Waals surface area contributed by atoms with Gasteiger partial charge in [0, 0.05) is 12.3 Å². The second kappa shape index (κ2) is 7.31. The first kappa shape index (κ1) is 18.0. The van der Waals surface area contributed by atoms with Gasteiger partial charge in [-0.15, -0.1) is 0 Å². The Morgan fingerprint density at radius 1 is 1.00 bits per heavy atom. The molecule has 0 bridgehead atoms. The number of imide groups is 1. The summed E-state index contributed by atoms with van der Waals surface area (Å²) in [5, 5.41) is 5.03. The molecule has 1 unspecified atom stereocenters. The van der Waals surface area contributed by atoms with Crippen molar-refractivity contribution >= 4 is 11.9 Å². The largest absolute Gasteiger partial charge is 0.322 e. The van der Waals surface area contributed by atoms with Gasteiger partial charge in [0.15, 0.2) is 5.54 Å². The predicted molar refractivity (Wildman–Crippen MR) is 106 cm³/mol. The molecule has 0 radical (unpaired) electrons. The topological polar surface area (TPSA) is 80.2 Å². The maximum Gasteiger partial charge on any atom is 0.322 e. The molecular weight excluding hydrogens is 354 g/mol. The van der Waals surface area contributed by atoms with Crippen LogP contribution >= 0.6 is 0 Å². The molecule has 1 aliphatic carbocycles. The third-order valence-electron chi connectivity index (χ3n) is 5.17. The molecule has 142 valence electrons. The summed E-state index contributed by atoms with van der Waals surface area (Å²) in [6, 6.07) is 11.9. The van der Waals surface area contributed by atoms with Crippen LogP contribution in [0.2, 0.25) is 0 Å². The van der Waals surface area contributed by atoms with E-state index in [0.717, 1.165) is 24.8 Å². The third kappa shape index (κ3) is 3.41. The quantitative estimate of drug-likeness (QED) is 0.788. The fourth-order valence-electron chi connectivity index (χ4n) is 3.69. The second-order valence-electron chi connectivity index (χ2n) is 7.11. The van der Waals surface area contributed by atoms with Crippen molar-refractivity contribution in [1.82, 2.24) is 15.2 Å². The van der Waals surface area contributed by atoms with Gasteiger partial charge in [-0.25, -0.2) is 4.79 Å². The van der Waals surface area contributed by atoms with E-state index in [4.69, 9.17) is 0 Å². The number of rotatable bonds is 5. The maximum absolute atomic E-state index is 12.7. The summed E-state index contributed by atoms with van der Waals surface area (Å²) in [6.45, 7) is 0.0253. The summed E-state index contributed by atoms with van der Waals surface area (Å²) in [6.07, 6.45) is 11.1. The minimum atomic E-state index is -1.31. The number of hydrogen-bond acceptors (Lipinski definition) is 3. The van der Waals surface area contributed by atoms with Gasteiger partial charge >= 0.3 is 6.03 Å². The zero-order valence-corrected chi connectivity index (χ0v) is 15.4. The standard InChI is InChI=1S/C22H21N3O3/c26-19-8-4-5-13-25(19)15-22(20(27)23-21(28)24-22)18-11-9-17(10-12-18)14-16-6-2-1-3-7-16/h2,4-13H,1,3,14-15H2,(H2,23,24,27,28). The summed E-state index contributed by atoms with van der Waals surface area (Å²) in [4.78, 5) is 36.7. The van der Waals surface area contributed by atoms with E-state index in [0.29, 0.717) is 5.56 Å². The number of benzene rings is 1. The highest BCUT2D eigenvalue weighted by Gasteiger charge is 2.48. The van der Waals surface area contributed by atoms with Gasteiger partial charge in [-0.1, -0.05) is 48.6 Å². The van der Waals surface area contributed by atoms with Crippen LogP contribution in [0.5, 0.6) is 0 Å². The van der Waals surface area contributed by atoms with Crippen molar-refractivity contribution < 1.29 is 9.59 Å². The summed E-state index contributed by atoms with van der Waals surface area (Å²) in [7, 11) is 0. The minimum absolute atomic E-state index is 0.0253. The molecule has 4 rings (SSSR count). The molecule has 2 aromatic rings. The lowest BCUT2D eigenvalue weighted by Gasteiger charge is -2.27. The first-order valence-corrected chi connectivity index (χ1v) is 9.31. The number of hydrogen-bond donors (Lipinski definition) is 2. The highest BCUT2D eigenvalue weighted by molar-refractivity contribution is 6.07. The van der Waals surface area contributed by atoms with Gasteiger partial charge in [-0.2, -0.15) is 0 Å². The van der Waals surface area contributed by atoms with Crippen LogP contribution in [0.25, 0.3) is 0 Å². The Hall–Kier alpha value is -3.41. The fourth-order valence-corrected chi connectivity index (χ4v) is 3.69. The zero-order valence-electron chi connectivity index (χ0n) is 15.4. The van der Waals surface area contributed by atoms with Gasteiger partial charge in [-0.05, 0) is 42.0 Å². The van der Waals surface area contributed by atoms with Crippen LogP contribution in [0, 0.1) is 0 Å². The van der Waals surface area contributed by atoms with Crippen molar-refractivity contribution in [1.29, 1.82) is 0 Å². The van der Waals surface area contributed by atoms with Crippen molar-refractivity contribution in [3.8, 4) is 0 Å². The Kier molecular flexibility index (Phi) is 4.69. The van der Waals surface area contributed by atoms with Gasteiger partial charge < -0.3 is 9.88 Å². The molecule has 6 nitrogen and oxygen atoms in total. The van der Waals surface area contributed by atoms with Crippen LogP contribution < -0.4 is 16.2 Å². The van der Waals surface area contributed by atoms with Crippen molar-refractivity contribution in [3.63, 3.8) is 0 Å². The van der Waals surface area contributed by atoms with Crippen molar-refractivity contribution in [2.45, 2.75) is 31.3 Å². The smallest absolute Gasteiger partial charge is 0.318 e. The summed E-state index contributed by atoms with van der Waals surface area (Å²) in [5.74, 6) is -0.459. The van der Waals surface area contributed by atoms with Crippen LogP contribution in [0.1, 0.15) is 24.0 Å². The van der Waals surface area contributed by atoms with Crippen LogP contribution in [0.4, 0.5) is 4.79 Å². The molecule has 3 amide bonds. The molecular formula is C22H21N3O3. The first-order chi connectivity index (χ1) is 13.6. The second-order valence-corrected chi connectivity index (χ2v) is 7.11. The average Bonchev–Trinajstić information content (AvgIpc) is 2.99. The molecule has 2 N–H and O–H groups in total. The number of carbonyl (C=O) groups is 2. The molecule has 28 heavy (non-hydrogen) atoms. The molecule has 1 aromatic carbocycles. The highest BCUT2D eigenvalue weighted by Crippen LogP contribution is 2.28. The Morgan fingerprint density at radius 3 is 2.46 bits per heavy atom. The van der Waals surface area contributed by atoms with Crippen LogP contribution in [-0.2, 0) is 23.3 Å². The van der Waals surface area contributed by atoms with Crippen molar-refractivity contribution in [2.24, 2.45) is 0 Å². The fraction of sp³-hybridized carbons (Fsp3) is 0.227. The number of amides is 3. The number of pyridine rings is 1. The number of nitrogens with one attached hydrogen (secondary N) is 2. The molecule has 1 aromatic heterocycles. The van der Waals surface area contributed by atoms with E-state index in [1.165, 1.54) is 16.2 Å². The molecule has 1 fully saturated rings. The lowest BCUT2D eigenvalue weighted by molar-refractivity contribution is -0.124. The molecule has 2 aliphatic rings. The van der Waals surface area contributed by atoms with E-state index in [9.17, 15) is 14.4 Å². The van der Waals surface area contributed by atoms with Crippen LogP contribution in [0.15, 0.2) is 77.3 Å². The van der Waals surface area contributed by atoms with E-state index in [-0.39, 0.29) is 12.1 Å². The molecule has 6 heteroatoms. The number of carbonyl (C=O) groups excluding carboxylic acids is 2. The van der Waals surface area contributed by atoms with Gasteiger partial charge in [0.1, 0.15) is 0 Å². The number of allylic oxidation sites excluding steroid dienone is 4. The summed E-state index contributed by atoms with van der Waals surface area (Å²) < 4.78 is 1.43. The molecule has 1 aliphatic heterocycles. The number of aromatic nitrogens is 1. The number of urea groups is 1. The Bertz CT molecular complexity index is 1030. The van der Waals surface area contributed by atoms with Crippen molar-refractivity contribution in [3.05, 3.63) is 93.9 Å². The third-order valence-corrected chi connectivity index (χ3v) is 5.17. The molecule has 1 atom stereocenters. The van der Waals surface area contributed by atoms with E-state index in [1.54, 1.807) is 18.3 Å². The van der Waals surface area contributed by atoms with E-state index in [2.05, 4.69) is 28.9 Å². The van der Waals surface area contributed by atoms with Crippen LogP contribution in [-0.4, -0.2) is 16.5 Å². The van der Waals surface area contributed by atoms with Gasteiger partial charge in [0.25, 0.3) is 11.5 Å². The Balaban J connectivity index is 1.65. The SMILES string of the molecule is O=C1NC(=O)C(Cn2ccccc2=O)(c2ccc(CC3=CCCC=C3)cc2)N1. The Morgan fingerprint density at radius 2 is 1.82 bits per heavy atom. The van der Waals surface area contributed by atoms with Gasteiger partial charge in [0.2, 0.25) is 0 Å². The molecule has 0 spiro atoms. The predicted octanol–water partition coefficient (Wildman–Crippen LogP) is 2.40. The maximum atomic E-state index is 12.7. The summed E-state index contributed by atoms with van der Waals surface area (Å²) in [5.41, 5.74) is 1.49. The summed E-state index contributed by atoms with van der Waals surface area (Å²) >= 11 is 0. The average molecular weight is 375 g/mol. The lowest BCUT2D eigenvalue weighted by Crippen LogP contribution is -2.49. The van der Waals surface area contributed by atoms with E-state index < -0.39 is 17.5 Å². The molecule has 1 saturated heterocycles.